The first-order chi connectivity index (χ1) is 10.7. The molecule has 3 N–H and O–H groups in total. The van der Waals surface area contributed by atoms with Gasteiger partial charge in [-0.05, 0) is 31.2 Å². The SMILES string of the molecule is CCOc1cccc(C(=O)N(CCO)c2ccccn2)c1N. The van der Waals surface area contributed by atoms with Crippen LogP contribution in [0, 0.1) is 0 Å². The van der Waals surface area contributed by atoms with Crippen molar-refractivity contribution < 1.29 is 14.6 Å². The summed E-state index contributed by atoms with van der Waals surface area (Å²) in [6, 6.07) is 10.3. The number of amides is 1. The average molecular weight is 301 g/mol. The lowest BCUT2D eigenvalue weighted by molar-refractivity contribution is 0.0980. The Hall–Kier alpha value is -2.60. The lowest BCUT2D eigenvalue weighted by Gasteiger charge is -2.22. The van der Waals surface area contributed by atoms with E-state index in [0.717, 1.165) is 0 Å². The van der Waals surface area contributed by atoms with E-state index in [4.69, 9.17) is 10.5 Å². The summed E-state index contributed by atoms with van der Waals surface area (Å²) in [6.45, 7) is 2.27. The minimum Gasteiger partial charge on any atom is -0.492 e. The van der Waals surface area contributed by atoms with Gasteiger partial charge in [0.25, 0.3) is 5.91 Å². The van der Waals surface area contributed by atoms with Crippen LogP contribution in [0.1, 0.15) is 17.3 Å². The summed E-state index contributed by atoms with van der Waals surface area (Å²) in [5.74, 6) is 0.605. The van der Waals surface area contributed by atoms with Crippen LogP contribution in [-0.2, 0) is 0 Å². The van der Waals surface area contributed by atoms with Gasteiger partial charge in [0.15, 0.2) is 0 Å². The molecule has 0 atom stereocenters. The fourth-order valence-corrected chi connectivity index (χ4v) is 2.09. The van der Waals surface area contributed by atoms with Crippen LogP contribution in [0.15, 0.2) is 42.6 Å². The van der Waals surface area contributed by atoms with Gasteiger partial charge in [0.1, 0.15) is 11.6 Å². The maximum atomic E-state index is 12.8. The van der Waals surface area contributed by atoms with E-state index < -0.39 is 0 Å². The van der Waals surface area contributed by atoms with Crippen LogP contribution in [0.25, 0.3) is 0 Å². The van der Waals surface area contributed by atoms with Gasteiger partial charge in [-0.2, -0.15) is 0 Å². The normalized spacial score (nSPS) is 10.3. The van der Waals surface area contributed by atoms with Crippen molar-refractivity contribution in [2.75, 3.05) is 30.4 Å². The third kappa shape index (κ3) is 3.35. The number of aliphatic hydroxyl groups excluding tert-OH is 1. The van der Waals surface area contributed by atoms with Crippen LogP contribution in [0.2, 0.25) is 0 Å². The number of nitrogen functional groups attached to an aromatic ring is 1. The number of nitrogens with two attached hydrogens (primary N) is 1. The molecule has 1 heterocycles. The van der Waals surface area contributed by atoms with Gasteiger partial charge < -0.3 is 15.6 Å². The summed E-state index contributed by atoms with van der Waals surface area (Å²) in [5, 5.41) is 9.22. The van der Waals surface area contributed by atoms with Gasteiger partial charge in [0.2, 0.25) is 0 Å². The number of nitrogens with zero attached hydrogens (tertiary/aromatic N) is 2. The molecule has 6 heteroatoms. The van der Waals surface area contributed by atoms with Crippen molar-refractivity contribution in [1.82, 2.24) is 4.98 Å². The maximum absolute atomic E-state index is 12.8. The number of hydrogen-bond donors (Lipinski definition) is 2. The summed E-state index contributed by atoms with van der Waals surface area (Å²) < 4.78 is 5.41. The zero-order valence-corrected chi connectivity index (χ0v) is 12.4. The van der Waals surface area contributed by atoms with Gasteiger partial charge in [0, 0.05) is 6.20 Å². The Bertz CT molecular complexity index is 632. The summed E-state index contributed by atoms with van der Waals surface area (Å²) in [6.07, 6.45) is 1.59. The van der Waals surface area contributed by atoms with E-state index in [2.05, 4.69) is 4.98 Å². The van der Waals surface area contributed by atoms with Crippen LogP contribution >= 0.6 is 0 Å². The molecule has 1 aromatic carbocycles. The fourth-order valence-electron chi connectivity index (χ4n) is 2.09. The quantitative estimate of drug-likeness (QED) is 0.793. The molecule has 0 fully saturated rings. The minimum atomic E-state index is -0.327. The Kier molecular flexibility index (Phi) is 5.32. The molecule has 2 rings (SSSR count). The van der Waals surface area contributed by atoms with E-state index >= 15 is 0 Å². The molecule has 0 bridgehead atoms. The van der Waals surface area contributed by atoms with Crippen LogP contribution in [-0.4, -0.2) is 35.8 Å². The first kappa shape index (κ1) is 15.8. The number of carbonyl (C=O) groups is 1. The van der Waals surface area contributed by atoms with Crippen molar-refractivity contribution >= 4 is 17.4 Å². The first-order valence-corrected chi connectivity index (χ1v) is 7.04. The molecule has 2 aromatic rings. The molecule has 0 saturated heterocycles. The Morgan fingerprint density at radius 3 is 2.77 bits per heavy atom. The Labute approximate surface area is 129 Å². The van der Waals surface area contributed by atoms with E-state index in [0.29, 0.717) is 23.7 Å². The highest BCUT2D eigenvalue weighted by molar-refractivity contribution is 6.09. The fraction of sp³-hybridized carbons (Fsp3) is 0.250. The number of hydrogen-bond acceptors (Lipinski definition) is 5. The van der Waals surface area contributed by atoms with Gasteiger partial charge in [-0.25, -0.2) is 4.98 Å². The number of aliphatic hydroxyl groups is 1. The Morgan fingerprint density at radius 2 is 2.14 bits per heavy atom. The number of benzene rings is 1. The Balaban J connectivity index is 2.37. The molecule has 6 nitrogen and oxygen atoms in total. The smallest absolute Gasteiger partial charge is 0.261 e. The van der Waals surface area contributed by atoms with Gasteiger partial charge in [-0.1, -0.05) is 12.1 Å². The summed E-state index contributed by atoms with van der Waals surface area (Å²) in [5.41, 5.74) is 6.64. The van der Waals surface area contributed by atoms with Crippen LogP contribution < -0.4 is 15.4 Å². The number of carbonyl (C=O) groups excluding carboxylic acids is 1. The van der Waals surface area contributed by atoms with Crippen molar-refractivity contribution in [3.63, 3.8) is 0 Å². The standard InChI is InChI=1S/C16H19N3O3/c1-2-22-13-7-5-6-12(15(13)17)16(21)19(10-11-20)14-8-3-4-9-18-14/h3-9,20H,2,10-11,17H2,1H3. The summed E-state index contributed by atoms with van der Waals surface area (Å²) >= 11 is 0. The predicted octanol–water partition coefficient (Wildman–Crippen LogP) is 1.70. The zero-order chi connectivity index (χ0) is 15.9. The van der Waals surface area contributed by atoms with Crippen LogP contribution in [0.5, 0.6) is 5.75 Å². The highest BCUT2D eigenvalue weighted by atomic mass is 16.5. The lowest BCUT2D eigenvalue weighted by Crippen LogP contribution is -2.34. The minimum absolute atomic E-state index is 0.133. The van der Waals surface area contributed by atoms with Crippen molar-refractivity contribution in [2.45, 2.75) is 6.92 Å². The molecule has 22 heavy (non-hydrogen) atoms. The molecule has 1 amide bonds. The topological polar surface area (TPSA) is 88.7 Å². The highest BCUT2D eigenvalue weighted by Gasteiger charge is 2.21. The molecule has 0 aliphatic rings. The van der Waals surface area contributed by atoms with Crippen molar-refractivity contribution in [3.05, 3.63) is 48.2 Å². The number of para-hydroxylation sites is 1. The number of aromatic nitrogens is 1. The van der Waals surface area contributed by atoms with Gasteiger partial charge in [-0.3, -0.25) is 9.69 Å². The van der Waals surface area contributed by atoms with Crippen molar-refractivity contribution in [3.8, 4) is 5.75 Å². The van der Waals surface area contributed by atoms with E-state index in [1.807, 2.05) is 6.92 Å². The monoisotopic (exact) mass is 301 g/mol. The second-order valence-electron chi connectivity index (χ2n) is 4.52. The number of ether oxygens (including phenoxy) is 1. The largest absolute Gasteiger partial charge is 0.492 e. The van der Waals surface area contributed by atoms with Crippen LogP contribution in [0.4, 0.5) is 11.5 Å². The van der Waals surface area contributed by atoms with Crippen molar-refractivity contribution in [2.24, 2.45) is 0 Å². The lowest BCUT2D eigenvalue weighted by atomic mass is 10.1. The van der Waals surface area contributed by atoms with Gasteiger partial charge in [-0.15, -0.1) is 0 Å². The molecule has 116 valence electrons. The third-order valence-electron chi connectivity index (χ3n) is 3.09. The number of rotatable bonds is 6. The molecule has 0 unspecified atom stereocenters. The van der Waals surface area contributed by atoms with Gasteiger partial charge >= 0.3 is 0 Å². The summed E-state index contributed by atoms with van der Waals surface area (Å²) in [4.78, 5) is 18.3. The second kappa shape index (κ2) is 7.42. The summed E-state index contributed by atoms with van der Waals surface area (Å²) in [7, 11) is 0. The highest BCUT2D eigenvalue weighted by Crippen LogP contribution is 2.27. The van der Waals surface area contributed by atoms with Crippen molar-refractivity contribution in [1.29, 1.82) is 0 Å². The van der Waals surface area contributed by atoms with E-state index in [1.165, 1.54) is 4.90 Å². The number of pyridine rings is 1. The molecular weight excluding hydrogens is 282 g/mol. The molecule has 0 aliphatic carbocycles. The zero-order valence-electron chi connectivity index (χ0n) is 12.4. The van der Waals surface area contributed by atoms with E-state index in [-0.39, 0.29) is 24.7 Å². The predicted molar refractivity (Wildman–Crippen MR) is 85.0 cm³/mol. The Morgan fingerprint density at radius 1 is 1.32 bits per heavy atom. The molecule has 0 spiro atoms. The molecule has 0 radical (unpaired) electrons. The second-order valence-corrected chi connectivity index (χ2v) is 4.52. The van der Waals surface area contributed by atoms with Gasteiger partial charge in [0.05, 0.1) is 31.0 Å². The molecular formula is C16H19N3O3. The first-order valence-electron chi connectivity index (χ1n) is 7.04. The molecule has 0 saturated carbocycles. The maximum Gasteiger partial charge on any atom is 0.261 e. The van der Waals surface area contributed by atoms with Crippen LogP contribution in [0.3, 0.4) is 0 Å². The third-order valence-corrected chi connectivity index (χ3v) is 3.09. The molecule has 1 aromatic heterocycles. The molecule has 0 aliphatic heterocycles. The number of anilines is 2. The average Bonchev–Trinajstić information content (AvgIpc) is 2.55. The van der Waals surface area contributed by atoms with E-state index in [9.17, 15) is 9.90 Å². The van der Waals surface area contributed by atoms with E-state index in [1.54, 1.807) is 42.6 Å².